The molecule has 0 fully saturated rings. The number of aliphatic hydroxyl groups is 2. The van der Waals surface area contributed by atoms with E-state index < -0.39 is 18.3 Å². The molecule has 0 saturated carbocycles. The molecule has 0 bridgehead atoms. The Labute approximate surface area is 191 Å². The fraction of sp³-hybridized carbons (Fsp3) is 0.739. The Bertz CT molecular complexity index is 708. The molecular weight excluding hydrogens is 412 g/mol. The highest BCUT2D eigenvalue weighted by Crippen LogP contribution is 2.12. The van der Waals surface area contributed by atoms with Crippen LogP contribution < -0.4 is 0 Å². The maximum absolute atomic E-state index is 12.4. The molecule has 32 heavy (non-hydrogen) atoms. The van der Waals surface area contributed by atoms with Crippen molar-refractivity contribution in [2.45, 2.75) is 52.0 Å². The monoisotopic (exact) mass is 452 g/mol. The van der Waals surface area contributed by atoms with Gasteiger partial charge in [0.1, 0.15) is 24.1 Å². The van der Waals surface area contributed by atoms with Crippen LogP contribution in [-0.4, -0.2) is 99.8 Å². The van der Waals surface area contributed by atoms with Crippen LogP contribution in [0.4, 0.5) is 0 Å². The van der Waals surface area contributed by atoms with E-state index in [0.29, 0.717) is 45.3 Å². The minimum Gasteiger partial charge on any atom is -0.388 e. The first kappa shape index (κ1) is 26.5. The Morgan fingerprint density at radius 2 is 2.09 bits per heavy atom. The zero-order valence-electron chi connectivity index (χ0n) is 19.9. The number of imidazole rings is 1. The van der Waals surface area contributed by atoms with E-state index in [9.17, 15) is 15.0 Å². The van der Waals surface area contributed by atoms with Crippen LogP contribution in [0.3, 0.4) is 0 Å². The van der Waals surface area contributed by atoms with Crippen LogP contribution in [-0.2, 0) is 27.9 Å². The average molecular weight is 453 g/mol. The van der Waals surface area contributed by atoms with E-state index in [4.69, 9.17) is 9.47 Å². The van der Waals surface area contributed by atoms with Crippen LogP contribution >= 0.6 is 0 Å². The van der Waals surface area contributed by atoms with Gasteiger partial charge in [-0.3, -0.25) is 9.69 Å². The maximum Gasteiger partial charge on any atom is 0.219 e. The molecule has 2 heterocycles. The van der Waals surface area contributed by atoms with Crippen molar-refractivity contribution in [3.8, 4) is 0 Å². The van der Waals surface area contributed by atoms with Gasteiger partial charge in [0.15, 0.2) is 0 Å². The maximum atomic E-state index is 12.4. The van der Waals surface area contributed by atoms with Gasteiger partial charge in [0.25, 0.3) is 0 Å². The minimum atomic E-state index is -1.15. The number of nitrogens with zero attached hydrogens (tertiary/aromatic N) is 4. The summed E-state index contributed by atoms with van der Waals surface area (Å²) in [5.41, 5.74) is 0. The van der Waals surface area contributed by atoms with Gasteiger partial charge in [-0.05, 0) is 12.3 Å². The number of aliphatic hydroxyl groups excluding tert-OH is 2. The van der Waals surface area contributed by atoms with E-state index in [2.05, 4.69) is 23.7 Å². The fourth-order valence-electron chi connectivity index (χ4n) is 3.45. The van der Waals surface area contributed by atoms with Crippen LogP contribution in [0.5, 0.6) is 0 Å². The number of carbonyl (C=O) groups is 1. The highest BCUT2D eigenvalue weighted by atomic mass is 16.5. The lowest BCUT2D eigenvalue weighted by Gasteiger charge is -2.33. The molecule has 1 aliphatic heterocycles. The number of aryl methyl sites for hydroxylation is 1. The second kappa shape index (κ2) is 13.7. The topological polar surface area (TPSA) is 100 Å². The third kappa shape index (κ3) is 8.99. The summed E-state index contributed by atoms with van der Waals surface area (Å²) < 4.78 is 13.4. The predicted octanol–water partition coefficient (Wildman–Crippen LogP) is 0.810. The standard InChI is InChI=1S/C23H40N4O5/c1-18(2)7-14-32-21-15-27(19(3)28)12-11-26(16-22-24-8-10-25(22)4)9-5-6-13-31-17-20(29)23(21)30/h5-6,8,10,18,20-21,23,29-30H,7,9,11-17H2,1-4H3/b6-5-/t20-,21-,23-/m0/s1. The molecule has 0 aromatic carbocycles. The number of hydrogen-bond acceptors (Lipinski definition) is 7. The number of hydrogen-bond donors (Lipinski definition) is 2. The molecule has 0 spiro atoms. The summed E-state index contributed by atoms with van der Waals surface area (Å²) >= 11 is 0. The van der Waals surface area contributed by atoms with Crippen LogP contribution in [0.2, 0.25) is 0 Å². The summed E-state index contributed by atoms with van der Waals surface area (Å²) in [5.74, 6) is 1.30. The highest BCUT2D eigenvalue weighted by molar-refractivity contribution is 5.73. The molecule has 9 nitrogen and oxygen atoms in total. The lowest BCUT2D eigenvalue weighted by molar-refractivity contribution is -0.139. The molecule has 1 aromatic rings. The molecule has 0 radical (unpaired) electrons. The molecule has 1 aromatic heterocycles. The van der Waals surface area contributed by atoms with E-state index >= 15 is 0 Å². The van der Waals surface area contributed by atoms with E-state index in [-0.39, 0.29) is 19.1 Å². The van der Waals surface area contributed by atoms with Gasteiger partial charge in [-0.2, -0.15) is 0 Å². The second-order valence-electron chi connectivity index (χ2n) is 8.81. The smallest absolute Gasteiger partial charge is 0.219 e. The van der Waals surface area contributed by atoms with Crippen molar-refractivity contribution in [2.75, 3.05) is 46.0 Å². The van der Waals surface area contributed by atoms with Gasteiger partial charge in [-0.1, -0.05) is 26.0 Å². The molecule has 3 atom stereocenters. The van der Waals surface area contributed by atoms with Crippen molar-refractivity contribution in [2.24, 2.45) is 13.0 Å². The number of carbonyl (C=O) groups excluding carboxylic acids is 1. The zero-order valence-corrected chi connectivity index (χ0v) is 19.9. The van der Waals surface area contributed by atoms with Gasteiger partial charge >= 0.3 is 0 Å². The molecule has 0 unspecified atom stereocenters. The number of rotatable bonds is 6. The SMILES string of the molecule is CC(=O)N1CCN(Cc2nccn2C)C/C=C\COC[C@H](O)[C@H](O)[C@@H](OCCC(C)C)C1. The third-order valence-electron chi connectivity index (χ3n) is 5.65. The van der Waals surface area contributed by atoms with E-state index in [1.807, 2.05) is 30.0 Å². The van der Waals surface area contributed by atoms with E-state index in [1.54, 1.807) is 11.1 Å². The Morgan fingerprint density at radius 3 is 2.75 bits per heavy atom. The Balaban J connectivity index is 2.15. The fourth-order valence-corrected chi connectivity index (χ4v) is 3.45. The van der Waals surface area contributed by atoms with Crippen molar-refractivity contribution in [1.82, 2.24) is 19.4 Å². The Hall–Kier alpha value is -1.78. The van der Waals surface area contributed by atoms with Crippen molar-refractivity contribution in [3.63, 3.8) is 0 Å². The molecule has 0 saturated heterocycles. The molecule has 2 rings (SSSR count). The van der Waals surface area contributed by atoms with Gasteiger partial charge in [-0.25, -0.2) is 4.98 Å². The summed E-state index contributed by atoms with van der Waals surface area (Å²) in [4.78, 5) is 20.7. The van der Waals surface area contributed by atoms with Gasteiger partial charge in [-0.15, -0.1) is 0 Å². The van der Waals surface area contributed by atoms with Crippen LogP contribution in [0.25, 0.3) is 0 Å². The number of amides is 1. The molecule has 0 aliphatic carbocycles. The number of aromatic nitrogens is 2. The molecule has 1 aliphatic rings. The first-order valence-electron chi connectivity index (χ1n) is 11.4. The average Bonchev–Trinajstić information content (AvgIpc) is 3.14. The van der Waals surface area contributed by atoms with Crippen LogP contribution in [0.1, 0.15) is 33.0 Å². The van der Waals surface area contributed by atoms with Gasteiger partial charge < -0.3 is 29.2 Å². The molecule has 2 N–H and O–H groups in total. The molecule has 1 amide bonds. The summed E-state index contributed by atoms with van der Waals surface area (Å²) in [6, 6.07) is 0. The summed E-state index contributed by atoms with van der Waals surface area (Å²) in [6.07, 6.45) is 5.48. The molecule has 9 heteroatoms. The Morgan fingerprint density at radius 1 is 1.31 bits per heavy atom. The lowest BCUT2D eigenvalue weighted by atomic mass is 10.1. The van der Waals surface area contributed by atoms with Crippen LogP contribution in [0.15, 0.2) is 24.5 Å². The zero-order chi connectivity index (χ0) is 23.5. The highest BCUT2D eigenvalue weighted by Gasteiger charge is 2.30. The first-order chi connectivity index (χ1) is 15.3. The summed E-state index contributed by atoms with van der Waals surface area (Å²) in [7, 11) is 1.96. The quantitative estimate of drug-likeness (QED) is 0.616. The van der Waals surface area contributed by atoms with E-state index in [1.165, 1.54) is 6.92 Å². The lowest BCUT2D eigenvalue weighted by Crippen LogP contribution is -2.50. The summed E-state index contributed by atoms with van der Waals surface area (Å²) in [6.45, 7) is 9.16. The first-order valence-corrected chi connectivity index (χ1v) is 11.4. The van der Waals surface area contributed by atoms with Crippen molar-refractivity contribution >= 4 is 5.91 Å². The van der Waals surface area contributed by atoms with Crippen LogP contribution in [0, 0.1) is 5.92 Å². The van der Waals surface area contributed by atoms with Crippen molar-refractivity contribution in [3.05, 3.63) is 30.4 Å². The Kier molecular flexibility index (Phi) is 11.3. The van der Waals surface area contributed by atoms with E-state index in [0.717, 1.165) is 12.2 Å². The molecule has 182 valence electrons. The number of ether oxygens (including phenoxy) is 2. The van der Waals surface area contributed by atoms with Gasteiger partial charge in [0.2, 0.25) is 5.91 Å². The second-order valence-corrected chi connectivity index (χ2v) is 8.81. The summed E-state index contributed by atoms with van der Waals surface area (Å²) in [5, 5.41) is 21.1. The van der Waals surface area contributed by atoms with Crippen molar-refractivity contribution in [1.29, 1.82) is 0 Å². The van der Waals surface area contributed by atoms with Gasteiger partial charge in [0, 0.05) is 59.2 Å². The largest absolute Gasteiger partial charge is 0.388 e. The van der Waals surface area contributed by atoms with Crippen molar-refractivity contribution < 1.29 is 24.5 Å². The predicted molar refractivity (Wildman–Crippen MR) is 122 cm³/mol. The molecular formula is C23H40N4O5. The minimum absolute atomic E-state index is 0.00734. The third-order valence-corrected chi connectivity index (χ3v) is 5.65. The van der Waals surface area contributed by atoms with Gasteiger partial charge in [0.05, 0.1) is 19.8 Å². The normalized spacial score (nSPS) is 25.6.